The molecule has 0 amide bonds. The Kier molecular flexibility index (Phi) is 3.24. The predicted molar refractivity (Wildman–Crippen MR) is 78.4 cm³/mol. The quantitative estimate of drug-likeness (QED) is 0.793. The summed E-state index contributed by atoms with van der Waals surface area (Å²) in [7, 11) is 1.87. The van der Waals surface area contributed by atoms with Gasteiger partial charge in [0.1, 0.15) is 6.10 Å². The Bertz CT molecular complexity index is 748. The number of hydrogen-bond acceptors (Lipinski definition) is 3. The number of hydrogen-bond donors (Lipinski definition) is 1. The summed E-state index contributed by atoms with van der Waals surface area (Å²) in [5.41, 5.74) is 3.78. The molecule has 1 N–H and O–H groups in total. The van der Waals surface area contributed by atoms with Crippen LogP contribution in [0.15, 0.2) is 42.7 Å². The maximum absolute atomic E-state index is 10.4. The van der Waals surface area contributed by atoms with Gasteiger partial charge < -0.3 is 5.11 Å². The average Bonchev–Trinajstić information content (AvgIpc) is 2.84. The number of fused-ring (bicyclic) bond motifs is 1. The van der Waals surface area contributed by atoms with E-state index in [9.17, 15) is 5.11 Å². The summed E-state index contributed by atoms with van der Waals surface area (Å²) in [5.74, 6) is 0. The Morgan fingerprint density at radius 1 is 1.30 bits per heavy atom. The summed E-state index contributed by atoms with van der Waals surface area (Å²) in [6.45, 7) is 2.05. The van der Waals surface area contributed by atoms with Gasteiger partial charge in [0, 0.05) is 25.1 Å². The minimum absolute atomic E-state index is 0.526. The number of aryl methyl sites for hydroxylation is 2. The van der Waals surface area contributed by atoms with Crippen molar-refractivity contribution in [2.75, 3.05) is 0 Å². The van der Waals surface area contributed by atoms with Crippen molar-refractivity contribution in [3.63, 3.8) is 0 Å². The molecule has 3 rings (SSSR count). The highest BCUT2D eigenvalue weighted by Crippen LogP contribution is 2.22. The van der Waals surface area contributed by atoms with Gasteiger partial charge in [-0.15, -0.1) is 0 Å². The number of benzene rings is 1. The minimum atomic E-state index is -0.609. The molecule has 1 aromatic carbocycles. The van der Waals surface area contributed by atoms with Gasteiger partial charge in [-0.05, 0) is 30.2 Å². The molecule has 0 aliphatic rings. The van der Waals surface area contributed by atoms with Crippen LogP contribution in [0.3, 0.4) is 0 Å². The van der Waals surface area contributed by atoms with Gasteiger partial charge in [0.2, 0.25) is 0 Å². The summed E-state index contributed by atoms with van der Waals surface area (Å²) in [5, 5.41) is 15.6. The lowest BCUT2D eigenvalue weighted by molar-refractivity contribution is 0.174. The van der Waals surface area contributed by atoms with Crippen molar-refractivity contribution in [1.29, 1.82) is 0 Å². The molecule has 1 atom stereocenters. The van der Waals surface area contributed by atoms with Gasteiger partial charge in [0.05, 0.1) is 17.4 Å². The minimum Gasteiger partial charge on any atom is -0.386 e. The number of pyridine rings is 1. The van der Waals surface area contributed by atoms with E-state index in [1.165, 1.54) is 0 Å². The zero-order valence-electron chi connectivity index (χ0n) is 11.6. The molecule has 0 bridgehead atoms. The van der Waals surface area contributed by atoms with Gasteiger partial charge in [0.15, 0.2) is 0 Å². The van der Waals surface area contributed by atoms with Crippen LogP contribution in [0.5, 0.6) is 0 Å². The molecule has 0 saturated carbocycles. The molecule has 4 nitrogen and oxygen atoms in total. The molecule has 0 radical (unpaired) electrons. The van der Waals surface area contributed by atoms with Crippen LogP contribution in [0.25, 0.3) is 10.9 Å². The second-order valence-electron chi connectivity index (χ2n) is 5.12. The fraction of sp³-hybridized carbons (Fsp3) is 0.250. The molecule has 0 fully saturated rings. The lowest BCUT2D eigenvalue weighted by atomic mass is 10.0. The van der Waals surface area contributed by atoms with Gasteiger partial charge in [-0.2, -0.15) is 5.10 Å². The molecular formula is C16H17N3O. The van der Waals surface area contributed by atoms with E-state index in [4.69, 9.17) is 0 Å². The van der Waals surface area contributed by atoms with E-state index in [1.54, 1.807) is 10.9 Å². The second kappa shape index (κ2) is 5.06. The van der Waals surface area contributed by atoms with Crippen LogP contribution < -0.4 is 0 Å². The Balaban J connectivity index is 1.93. The third-order valence-corrected chi connectivity index (χ3v) is 3.47. The van der Waals surface area contributed by atoms with Crippen molar-refractivity contribution in [1.82, 2.24) is 14.8 Å². The van der Waals surface area contributed by atoms with E-state index >= 15 is 0 Å². The highest BCUT2D eigenvalue weighted by Gasteiger charge is 2.13. The smallest absolute Gasteiger partial charge is 0.100 e. The van der Waals surface area contributed by atoms with E-state index in [1.807, 2.05) is 44.4 Å². The summed E-state index contributed by atoms with van der Waals surface area (Å²) in [6, 6.07) is 9.95. The first-order chi connectivity index (χ1) is 9.63. The van der Waals surface area contributed by atoms with E-state index in [-0.39, 0.29) is 0 Å². The van der Waals surface area contributed by atoms with Crippen LogP contribution in [0.1, 0.15) is 22.9 Å². The van der Waals surface area contributed by atoms with Crippen LogP contribution >= 0.6 is 0 Å². The maximum Gasteiger partial charge on any atom is 0.100 e. The van der Waals surface area contributed by atoms with E-state index < -0.39 is 6.10 Å². The van der Waals surface area contributed by atoms with Gasteiger partial charge in [0.25, 0.3) is 0 Å². The third kappa shape index (κ3) is 2.42. The van der Waals surface area contributed by atoms with Crippen molar-refractivity contribution < 1.29 is 5.11 Å². The fourth-order valence-corrected chi connectivity index (χ4v) is 2.45. The highest BCUT2D eigenvalue weighted by atomic mass is 16.3. The first-order valence-electron chi connectivity index (χ1n) is 6.65. The lowest BCUT2D eigenvalue weighted by Gasteiger charge is -2.11. The van der Waals surface area contributed by atoms with Crippen LogP contribution in [0.4, 0.5) is 0 Å². The van der Waals surface area contributed by atoms with Crippen LogP contribution in [0.2, 0.25) is 0 Å². The molecule has 0 spiro atoms. The zero-order chi connectivity index (χ0) is 14.1. The van der Waals surface area contributed by atoms with Crippen LogP contribution in [0, 0.1) is 6.92 Å². The molecule has 1 unspecified atom stereocenters. The van der Waals surface area contributed by atoms with Crippen molar-refractivity contribution in [3.8, 4) is 0 Å². The average molecular weight is 267 g/mol. The molecular weight excluding hydrogens is 250 g/mol. The fourth-order valence-electron chi connectivity index (χ4n) is 2.45. The Morgan fingerprint density at radius 2 is 2.10 bits per heavy atom. The van der Waals surface area contributed by atoms with Crippen molar-refractivity contribution in [2.24, 2.45) is 7.05 Å². The van der Waals surface area contributed by atoms with Gasteiger partial charge in [-0.3, -0.25) is 9.67 Å². The normalized spacial score (nSPS) is 12.8. The molecule has 20 heavy (non-hydrogen) atoms. The first-order valence-corrected chi connectivity index (χ1v) is 6.65. The molecule has 4 heteroatoms. The molecule has 2 aromatic heterocycles. The van der Waals surface area contributed by atoms with Gasteiger partial charge in [-0.25, -0.2) is 0 Å². The lowest BCUT2D eigenvalue weighted by Crippen LogP contribution is -2.04. The monoisotopic (exact) mass is 267 g/mol. The number of rotatable bonds is 3. The van der Waals surface area contributed by atoms with E-state index in [2.05, 4.69) is 16.1 Å². The zero-order valence-corrected chi connectivity index (χ0v) is 11.6. The largest absolute Gasteiger partial charge is 0.386 e. The highest BCUT2D eigenvalue weighted by molar-refractivity contribution is 5.82. The first kappa shape index (κ1) is 12.8. The predicted octanol–water partition coefficient (Wildman–Crippen LogP) is 2.55. The molecule has 0 saturated heterocycles. The molecule has 2 heterocycles. The SMILES string of the molecule is Cc1cc(C(O)Cc2cnn(C)c2)nc2ccccc12. The number of nitrogens with zero attached hydrogens (tertiary/aromatic N) is 3. The number of aliphatic hydroxyl groups is 1. The molecule has 0 aliphatic carbocycles. The number of aliphatic hydroxyl groups excluding tert-OH is 1. The third-order valence-electron chi connectivity index (χ3n) is 3.47. The second-order valence-corrected chi connectivity index (χ2v) is 5.12. The van der Waals surface area contributed by atoms with Crippen molar-refractivity contribution in [2.45, 2.75) is 19.4 Å². The summed E-state index contributed by atoms with van der Waals surface area (Å²) in [6.07, 6.45) is 3.61. The Hall–Kier alpha value is -2.20. The summed E-state index contributed by atoms with van der Waals surface area (Å²) >= 11 is 0. The maximum atomic E-state index is 10.4. The molecule has 102 valence electrons. The van der Waals surface area contributed by atoms with Gasteiger partial charge in [-0.1, -0.05) is 18.2 Å². The number of para-hydroxylation sites is 1. The van der Waals surface area contributed by atoms with Gasteiger partial charge >= 0.3 is 0 Å². The Labute approximate surface area is 117 Å². The molecule has 0 aliphatic heterocycles. The van der Waals surface area contributed by atoms with Crippen molar-refractivity contribution in [3.05, 3.63) is 59.5 Å². The standard InChI is InChI=1S/C16H17N3O/c1-11-7-15(18-14-6-4-3-5-13(11)14)16(20)8-12-9-17-19(2)10-12/h3-7,9-10,16,20H,8H2,1-2H3. The van der Waals surface area contributed by atoms with Crippen molar-refractivity contribution >= 4 is 10.9 Å². The topological polar surface area (TPSA) is 50.9 Å². The molecule has 3 aromatic rings. The van der Waals surface area contributed by atoms with Crippen LogP contribution in [-0.4, -0.2) is 19.9 Å². The van der Waals surface area contributed by atoms with E-state index in [0.717, 1.165) is 22.0 Å². The summed E-state index contributed by atoms with van der Waals surface area (Å²) < 4.78 is 1.74. The van der Waals surface area contributed by atoms with Crippen LogP contribution in [-0.2, 0) is 13.5 Å². The Morgan fingerprint density at radius 3 is 2.85 bits per heavy atom. The summed E-state index contributed by atoms with van der Waals surface area (Å²) in [4.78, 5) is 4.56. The van der Waals surface area contributed by atoms with E-state index in [0.29, 0.717) is 12.1 Å². The number of aromatic nitrogens is 3.